The van der Waals surface area contributed by atoms with Crippen LogP contribution in [0.25, 0.3) is 0 Å². The maximum atomic E-state index is 12.1. The van der Waals surface area contributed by atoms with Crippen LogP contribution < -0.4 is 10.6 Å². The van der Waals surface area contributed by atoms with Gasteiger partial charge in [-0.15, -0.1) is 0 Å². The van der Waals surface area contributed by atoms with Crippen LogP contribution in [0.5, 0.6) is 0 Å². The predicted octanol–water partition coefficient (Wildman–Crippen LogP) is 1.13. The number of amides is 1. The van der Waals surface area contributed by atoms with Crippen molar-refractivity contribution in [1.29, 1.82) is 0 Å². The highest BCUT2D eigenvalue weighted by atomic mass is 16.5. The number of benzene rings is 1. The summed E-state index contributed by atoms with van der Waals surface area (Å²) >= 11 is 0. The molecule has 0 bridgehead atoms. The molecule has 1 aromatic carbocycles. The zero-order valence-corrected chi connectivity index (χ0v) is 13.6. The van der Waals surface area contributed by atoms with Gasteiger partial charge >= 0.3 is 0 Å². The first kappa shape index (κ1) is 16.9. The van der Waals surface area contributed by atoms with E-state index in [4.69, 9.17) is 4.74 Å². The highest BCUT2D eigenvalue weighted by Crippen LogP contribution is 2.11. The number of carbonyl (C=O) groups excluding carboxylic acids is 1. The Hall–Kier alpha value is -1.43. The lowest BCUT2D eigenvalue weighted by Crippen LogP contribution is -2.47. The fourth-order valence-corrected chi connectivity index (χ4v) is 2.91. The lowest BCUT2D eigenvalue weighted by atomic mass is 10.1. The van der Waals surface area contributed by atoms with Crippen LogP contribution in [0.4, 0.5) is 0 Å². The average Bonchev–Trinajstić information content (AvgIpc) is 2.54. The molecule has 5 heteroatoms. The first-order valence-corrected chi connectivity index (χ1v) is 7.95. The Bertz CT molecular complexity index is 479. The van der Waals surface area contributed by atoms with E-state index in [0.29, 0.717) is 25.7 Å². The molecule has 5 nitrogen and oxygen atoms in total. The van der Waals surface area contributed by atoms with Gasteiger partial charge in [-0.1, -0.05) is 24.3 Å². The molecule has 0 radical (unpaired) electrons. The number of ether oxygens (including phenoxy) is 1. The zero-order valence-electron chi connectivity index (χ0n) is 13.6. The highest BCUT2D eigenvalue weighted by molar-refractivity contribution is 5.78. The van der Waals surface area contributed by atoms with Gasteiger partial charge in [-0.05, 0) is 37.6 Å². The molecule has 1 saturated heterocycles. The second-order valence-electron chi connectivity index (χ2n) is 5.84. The van der Waals surface area contributed by atoms with Crippen molar-refractivity contribution in [2.75, 3.05) is 33.8 Å². The number of piperidine rings is 1. The van der Waals surface area contributed by atoms with E-state index in [2.05, 4.69) is 15.5 Å². The van der Waals surface area contributed by atoms with E-state index < -0.39 is 0 Å². The summed E-state index contributed by atoms with van der Waals surface area (Å²) in [5.41, 5.74) is 2.24. The molecule has 1 amide bonds. The van der Waals surface area contributed by atoms with Crippen LogP contribution in [0.3, 0.4) is 0 Å². The van der Waals surface area contributed by atoms with Gasteiger partial charge in [0.25, 0.3) is 0 Å². The van der Waals surface area contributed by atoms with Crippen LogP contribution >= 0.6 is 0 Å². The maximum Gasteiger partial charge on any atom is 0.234 e. The number of rotatable bonds is 7. The molecule has 1 fully saturated rings. The number of nitrogens with one attached hydrogen (secondary N) is 2. The third-order valence-corrected chi connectivity index (χ3v) is 4.18. The minimum atomic E-state index is 0.0870. The SMILES string of the molecule is CNC1CCCN(CC(=O)NCc2ccccc2COC)C1. The van der Waals surface area contributed by atoms with Gasteiger partial charge in [0.1, 0.15) is 0 Å². The molecule has 1 heterocycles. The molecular formula is C17H27N3O2. The van der Waals surface area contributed by atoms with E-state index in [0.717, 1.165) is 30.6 Å². The minimum absolute atomic E-state index is 0.0870. The van der Waals surface area contributed by atoms with Crippen LogP contribution in [0, 0.1) is 0 Å². The number of likely N-dealkylation sites (tertiary alicyclic amines) is 1. The average molecular weight is 305 g/mol. The molecule has 1 unspecified atom stereocenters. The summed E-state index contributed by atoms with van der Waals surface area (Å²) in [6, 6.07) is 8.55. The number of methoxy groups -OCH3 is 1. The molecule has 2 N–H and O–H groups in total. The smallest absolute Gasteiger partial charge is 0.234 e. The molecule has 1 atom stereocenters. The molecule has 0 saturated carbocycles. The molecule has 1 aromatic rings. The predicted molar refractivity (Wildman–Crippen MR) is 87.5 cm³/mol. The van der Waals surface area contributed by atoms with E-state index in [-0.39, 0.29) is 5.91 Å². The fraction of sp³-hybridized carbons (Fsp3) is 0.588. The Morgan fingerprint density at radius 1 is 1.36 bits per heavy atom. The summed E-state index contributed by atoms with van der Waals surface area (Å²) < 4.78 is 5.19. The minimum Gasteiger partial charge on any atom is -0.380 e. The summed E-state index contributed by atoms with van der Waals surface area (Å²) in [6.07, 6.45) is 2.34. The zero-order chi connectivity index (χ0) is 15.8. The van der Waals surface area contributed by atoms with Gasteiger partial charge in [-0.25, -0.2) is 0 Å². The van der Waals surface area contributed by atoms with Crippen molar-refractivity contribution >= 4 is 5.91 Å². The molecule has 1 aliphatic rings. The van der Waals surface area contributed by atoms with E-state index in [1.165, 1.54) is 6.42 Å². The van der Waals surface area contributed by atoms with Gasteiger partial charge in [0, 0.05) is 26.2 Å². The van der Waals surface area contributed by atoms with Crippen molar-refractivity contribution in [3.63, 3.8) is 0 Å². The summed E-state index contributed by atoms with van der Waals surface area (Å²) in [6.45, 7) is 3.56. The highest BCUT2D eigenvalue weighted by Gasteiger charge is 2.20. The monoisotopic (exact) mass is 305 g/mol. The number of likely N-dealkylation sites (N-methyl/N-ethyl adjacent to an activating group) is 1. The topological polar surface area (TPSA) is 53.6 Å². The van der Waals surface area contributed by atoms with Gasteiger partial charge in [-0.3, -0.25) is 9.69 Å². The molecule has 122 valence electrons. The normalized spacial score (nSPS) is 19.1. The summed E-state index contributed by atoms with van der Waals surface area (Å²) in [5.74, 6) is 0.0870. The molecule has 1 aliphatic heterocycles. The van der Waals surface area contributed by atoms with Crippen LogP contribution in [0.2, 0.25) is 0 Å². The summed E-state index contributed by atoms with van der Waals surface area (Å²) in [7, 11) is 3.67. The van der Waals surface area contributed by atoms with Crippen molar-refractivity contribution in [1.82, 2.24) is 15.5 Å². The van der Waals surface area contributed by atoms with Gasteiger partial charge in [0.05, 0.1) is 13.2 Å². The van der Waals surface area contributed by atoms with E-state index in [1.54, 1.807) is 7.11 Å². The van der Waals surface area contributed by atoms with Gasteiger partial charge in [0.2, 0.25) is 5.91 Å². The van der Waals surface area contributed by atoms with Crippen LogP contribution in [-0.4, -0.2) is 50.6 Å². The molecule has 0 spiro atoms. The Kier molecular flexibility index (Phi) is 6.83. The maximum absolute atomic E-state index is 12.1. The van der Waals surface area contributed by atoms with E-state index in [1.807, 2.05) is 31.3 Å². The number of carbonyl (C=O) groups is 1. The second-order valence-corrected chi connectivity index (χ2v) is 5.84. The summed E-state index contributed by atoms with van der Waals surface area (Å²) in [5, 5.41) is 6.32. The van der Waals surface area contributed by atoms with Crippen molar-refractivity contribution in [3.8, 4) is 0 Å². The van der Waals surface area contributed by atoms with E-state index in [9.17, 15) is 4.79 Å². The fourth-order valence-electron chi connectivity index (χ4n) is 2.91. The Labute approximate surface area is 133 Å². The molecule has 2 rings (SSSR count). The number of hydrogen-bond donors (Lipinski definition) is 2. The third-order valence-electron chi connectivity index (χ3n) is 4.18. The van der Waals surface area contributed by atoms with Gasteiger partial charge in [0.15, 0.2) is 0 Å². The van der Waals surface area contributed by atoms with Crippen molar-refractivity contribution in [2.45, 2.75) is 32.0 Å². The number of nitrogens with zero attached hydrogens (tertiary/aromatic N) is 1. The van der Waals surface area contributed by atoms with Crippen LogP contribution in [-0.2, 0) is 22.7 Å². The number of hydrogen-bond acceptors (Lipinski definition) is 4. The van der Waals surface area contributed by atoms with E-state index >= 15 is 0 Å². The Morgan fingerprint density at radius 2 is 2.14 bits per heavy atom. The lowest BCUT2D eigenvalue weighted by molar-refractivity contribution is -0.122. The largest absolute Gasteiger partial charge is 0.380 e. The standard InChI is InChI=1S/C17H27N3O2/c1-18-16-8-5-9-20(11-16)12-17(21)19-10-14-6-3-4-7-15(14)13-22-2/h3-4,6-7,16,18H,5,8-13H2,1-2H3,(H,19,21). The summed E-state index contributed by atoms with van der Waals surface area (Å²) in [4.78, 5) is 14.4. The molecule has 22 heavy (non-hydrogen) atoms. The first-order chi connectivity index (χ1) is 10.7. The molecule has 0 aliphatic carbocycles. The second kappa shape index (κ2) is 8.88. The van der Waals surface area contributed by atoms with Crippen molar-refractivity contribution in [3.05, 3.63) is 35.4 Å². The Balaban J connectivity index is 1.80. The van der Waals surface area contributed by atoms with Crippen LogP contribution in [0.15, 0.2) is 24.3 Å². The quantitative estimate of drug-likeness (QED) is 0.793. The van der Waals surface area contributed by atoms with Gasteiger partial charge in [-0.2, -0.15) is 0 Å². The molecule has 0 aromatic heterocycles. The molecular weight excluding hydrogens is 278 g/mol. The third kappa shape index (κ3) is 5.09. The van der Waals surface area contributed by atoms with Gasteiger partial charge < -0.3 is 15.4 Å². The van der Waals surface area contributed by atoms with Crippen LogP contribution in [0.1, 0.15) is 24.0 Å². The van der Waals surface area contributed by atoms with Crippen molar-refractivity contribution < 1.29 is 9.53 Å². The Morgan fingerprint density at radius 3 is 2.86 bits per heavy atom. The lowest BCUT2D eigenvalue weighted by Gasteiger charge is -2.31. The van der Waals surface area contributed by atoms with Crippen molar-refractivity contribution in [2.24, 2.45) is 0 Å². The first-order valence-electron chi connectivity index (χ1n) is 7.95.